The fraction of sp³-hybridized carbons (Fsp3) is 0.308. The van der Waals surface area contributed by atoms with Crippen molar-refractivity contribution in [1.29, 1.82) is 0 Å². The highest BCUT2D eigenvalue weighted by Crippen LogP contribution is 2.25. The van der Waals surface area contributed by atoms with Crippen molar-refractivity contribution in [3.63, 3.8) is 0 Å². The highest BCUT2D eigenvalue weighted by molar-refractivity contribution is 6.35. The standard InChI is InChI=1S/C13H12ClNO/c1-7-5-9-12(10(14)6-7)15-11-4-2-3-8(11)13(9)16/h5-6H,2-4H2,1H3,(H,15,16). The topological polar surface area (TPSA) is 32.9 Å². The Morgan fingerprint density at radius 3 is 2.94 bits per heavy atom. The summed E-state index contributed by atoms with van der Waals surface area (Å²) in [5, 5.41) is 1.37. The molecule has 16 heavy (non-hydrogen) atoms. The van der Waals surface area contributed by atoms with Crippen molar-refractivity contribution in [2.45, 2.75) is 26.2 Å². The molecule has 1 aromatic carbocycles. The van der Waals surface area contributed by atoms with Gasteiger partial charge in [-0.3, -0.25) is 4.79 Å². The van der Waals surface area contributed by atoms with Crippen molar-refractivity contribution in [2.24, 2.45) is 0 Å². The van der Waals surface area contributed by atoms with Gasteiger partial charge >= 0.3 is 0 Å². The quantitative estimate of drug-likeness (QED) is 0.746. The van der Waals surface area contributed by atoms with E-state index in [4.69, 9.17) is 11.6 Å². The second-order valence-corrected chi connectivity index (χ2v) is 4.84. The lowest BCUT2D eigenvalue weighted by Crippen LogP contribution is -2.10. The summed E-state index contributed by atoms with van der Waals surface area (Å²) in [7, 11) is 0. The molecule has 2 aromatic rings. The number of benzene rings is 1. The lowest BCUT2D eigenvalue weighted by molar-refractivity contribution is 0.900. The highest BCUT2D eigenvalue weighted by atomic mass is 35.5. The maximum Gasteiger partial charge on any atom is 0.192 e. The van der Waals surface area contributed by atoms with E-state index in [-0.39, 0.29) is 5.43 Å². The van der Waals surface area contributed by atoms with E-state index in [9.17, 15) is 4.79 Å². The van der Waals surface area contributed by atoms with Crippen LogP contribution in [0, 0.1) is 6.92 Å². The van der Waals surface area contributed by atoms with Crippen LogP contribution in [0.1, 0.15) is 23.2 Å². The monoisotopic (exact) mass is 233 g/mol. The van der Waals surface area contributed by atoms with Gasteiger partial charge in [0.25, 0.3) is 0 Å². The third-order valence-electron chi connectivity index (χ3n) is 3.25. The Labute approximate surface area is 98.3 Å². The molecule has 1 aliphatic rings. The highest BCUT2D eigenvalue weighted by Gasteiger charge is 2.18. The first-order valence-corrected chi connectivity index (χ1v) is 5.88. The van der Waals surface area contributed by atoms with Crippen molar-refractivity contribution >= 4 is 22.5 Å². The smallest absolute Gasteiger partial charge is 0.192 e. The van der Waals surface area contributed by atoms with Crippen molar-refractivity contribution in [3.8, 4) is 0 Å². The minimum Gasteiger partial charge on any atom is -0.357 e. The number of aryl methyl sites for hydroxylation is 2. The van der Waals surface area contributed by atoms with E-state index < -0.39 is 0 Å². The number of pyridine rings is 1. The zero-order valence-corrected chi connectivity index (χ0v) is 9.82. The van der Waals surface area contributed by atoms with Gasteiger partial charge in [-0.1, -0.05) is 11.6 Å². The molecular formula is C13H12ClNO. The summed E-state index contributed by atoms with van der Waals surface area (Å²) >= 11 is 6.17. The SMILES string of the molecule is Cc1cc(Cl)c2[nH]c3c(c(=O)c2c1)CCC3. The summed E-state index contributed by atoms with van der Waals surface area (Å²) in [6, 6.07) is 3.81. The molecule has 0 saturated heterocycles. The van der Waals surface area contributed by atoms with E-state index in [1.165, 1.54) is 0 Å². The fourth-order valence-corrected chi connectivity index (χ4v) is 2.82. The molecule has 0 bridgehead atoms. The van der Waals surface area contributed by atoms with Crippen molar-refractivity contribution in [2.75, 3.05) is 0 Å². The molecule has 0 unspecified atom stereocenters. The van der Waals surface area contributed by atoms with Gasteiger partial charge in [0.1, 0.15) is 0 Å². The summed E-state index contributed by atoms with van der Waals surface area (Å²) < 4.78 is 0. The van der Waals surface area contributed by atoms with Crippen LogP contribution in [-0.4, -0.2) is 4.98 Å². The van der Waals surface area contributed by atoms with Crippen LogP contribution < -0.4 is 5.43 Å². The Morgan fingerprint density at radius 2 is 2.12 bits per heavy atom. The molecule has 0 aliphatic heterocycles. The first-order chi connectivity index (χ1) is 7.66. The number of rotatable bonds is 0. The van der Waals surface area contributed by atoms with Crippen molar-refractivity contribution < 1.29 is 0 Å². The maximum atomic E-state index is 12.2. The summed E-state index contributed by atoms with van der Waals surface area (Å²) in [5.74, 6) is 0. The predicted molar refractivity (Wildman–Crippen MR) is 66.3 cm³/mol. The normalized spacial score (nSPS) is 14.4. The van der Waals surface area contributed by atoms with Crippen LogP contribution in [-0.2, 0) is 12.8 Å². The predicted octanol–water partition coefficient (Wildman–Crippen LogP) is 2.98. The first-order valence-electron chi connectivity index (χ1n) is 5.50. The van der Waals surface area contributed by atoms with Gasteiger partial charge in [-0.25, -0.2) is 0 Å². The Bertz CT molecular complexity index is 642. The molecule has 3 rings (SSSR count). The van der Waals surface area contributed by atoms with Gasteiger partial charge in [0.05, 0.1) is 10.5 Å². The number of aromatic amines is 1. The fourth-order valence-electron chi connectivity index (χ4n) is 2.49. The number of fused-ring (bicyclic) bond motifs is 2. The van der Waals surface area contributed by atoms with E-state index in [2.05, 4.69) is 4.98 Å². The molecule has 0 saturated carbocycles. The van der Waals surface area contributed by atoms with Crippen molar-refractivity contribution in [1.82, 2.24) is 4.98 Å². The molecule has 3 heteroatoms. The molecule has 1 N–H and O–H groups in total. The number of hydrogen-bond acceptors (Lipinski definition) is 1. The van der Waals surface area contributed by atoms with Crippen LogP contribution in [0.5, 0.6) is 0 Å². The lowest BCUT2D eigenvalue weighted by atomic mass is 10.1. The average Bonchev–Trinajstić information content (AvgIpc) is 2.68. The van der Waals surface area contributed by atoms with Crippen LogP contribution in [0.2, 0.25) is 5.02 Å². The second-order valence-electron chi connectivity index (χ2n) is 4.43. The average molecular weight is 234 g/mol. The number of H-pyrrole nitrogens is 1. The molecule has 1 aromatic heterocycles. The van der Waals surface area contributed by atoms with E-state index in [1.54, 1.807) is 0 Å². The van der Waals surface area contributed by atoms with Gasteiger partial charge in [-0.15, -0.1) is 0 Å². The van der Waals surface area contributed by atoms with Crippen LogP contribution in [0.4, 0.5) is 0 Å². The van der Waals surface area contributed by atoms with Gasteiger partial charge < -0.3 is 4.98 Å². The summed E-state index contributed by atoms with van der Waals surface area (Å²) in [6.45, 7) is 1.96. The molecule has 1 aliphatic carbocycles. The summed E-state index contributed by atoms with van der Waals surface area (Å²) in [4.78, 5) is 15.6. The zero-order valence-electron chi connectivity index (χ0n) is 9.06. The molecule has 0 radical (unpaired) electrons. The van der Waals surface area contributed by atoms with Crippen LogP contribution in [0.25, 0.3) is 10.9 Å². The van der Waals surface area contributed by atoms with Gasteiger partial charge in [-0.2, -0.15) is 0 Å². The van der Waals surface area contributed by atoms with E-state index in [1.807, 2.05) is 19.1 Å². The first kappa shape index (κ1) is 9.91. The molecule has 2 nitrogen and oxygen atoms in total. The minimum atomic E-state index is 0.159. The van der Waals surface area contributed by atoms with Gasteiger partial charge in [0.15, 0.2) is 5.43 Å². The largest absolute Gasteiger partial charge is 0.357 e. The van der Waals surface area contributed by atoms with Crippen LogP contribution in [0.3, 0.4) is 0 Å². The number of aromatic nitrogens is 1. The number of halogens is 1. The van der Waals surface area contributed by atoms with Crippen LogP contribution in [0.15, 0.2) is 16.9 Å². The minimum absolute atomic E-state index is 0.159. The maximum absolute atomic E-state index is 12.2. The Kier molecular flexibility index (Phi) is 2.08. The Hall–Kier alpha value is -1.28. The number of nitrogens with one attached hydrogen (secondary N) is 1. The van der Waals surface area contributed by atoms with E-state index in [0.29, 0.717) is 5.02 Å². The Morgan fingerprint density at radius 1 is 1.31 bits per heavy atom. The molecule has 0 atom stereocenters. The van der Waals surface area contributed by atoms with Gasteiger partial charge in [-0.05, 0) is 43.9 Å². The van der Waals surface area contributed by atoms with Crippen molar-refractivity contribution in [3.05, 3.63) is 44.2 Å². The summed E-state index contributed by atoms with van der Waals surface area (Å²) in [5.41, 5.74) is 4.00. The Balaban J connectivity index is 2.51. The molecule has 82 valence electrons. The third kappa shape index (κ3) is 1.30. The molecule has 0 amide bonds. The van der Waals surface area contributed by atoms with E-state index >= 15 is 0 Å². The molecule has 0 spiro atoms. The summed E-state index contributed by atoms with van der Waals surface area (Å²) in [6.07, 6.45) is 2.92. The molecular weight excluding hydrogens is 222 g/mol. The zero-order chi connectivity index (χ0) is 11.3. The van der Waals surface area contributed by atoms with Gasteiger partial charge in [0.2, 0.25) is 0 Å². The molecule has 0 fully saturated rings. The molecule has 1 heterocycles. The second kappa shape index (κ2) is 3.36. The van der Waals surface area contributed by atoms with Crippen LogP contribution >= 0.6 is 11.6 Å². The van der Waals surface area contributed by atoms with E-state index in [0.717, 1.165) is 47.0 Å². The lowest BCUT2D eigenvalue weighted by Gasteiger charge is -2.06. The third-order valence-corrected chi connectivity index (χ3v) is 3.55. The number of hydrogen-bond donors (Lipinski definition) is 1. The van der Waals surface area contributed by atoms with Gasteiger partial charge in [0, 0.05) is 16.6 Å².